The van der Waals surface area contributed by atoms with E-state index in [1.807, 2.05) is 31.2 Å². The van der Waals surface area contributed by atoms with E-state index in [4.69, 9.17) is 4.74 Å². The van der Waals surface area contributed by atoms with Crippen molar-refractivity contribution in [1.29, 1.82) is 0 Å². The van der Waals surface area contributed by atoms with Crippen LogP contribution in [0.25, 0.3) is 0 Å². The second kappa shape index (κ2) is 6.33. The van der Waals surface area contributed by atoms with Crippen LogP contribution in [-0.2, 0) is 0 Å². The number of hydrogen-bond donors (Lipinski definition) is 1. The maximum atomic E-state index is 11.9. The third-order valence-corrected chi connectivity index (χ3v) is 3.26. The van der Waals surface area contributed by atoms with Gasteiger partial charge in [-0.05, 0) is 25.5 Å². The third-order valence-electron chi connectivity index (χ3n) is 2.67. The molecule has 0 spiro atoms. The number of carbonyl (C=O) groups excluding carboxylic acids is 1. The van der Waals surface area contributed by atoms with Crippen LogP contribution in [0.15, 0.2) is 35.2 Å². The molecule has 1 amide bonds. The lowest BCUT2D eigenvalue weighted by molar-refractivity contribution is 0.102. The first-order valence-electron chi connectivity index (χ1n) is 6.15. The van der Waals surface area contributed by atoms with E-state index in [-0.39, 0.29) is 12.0 Å². The van der Waals surface area contributed by atoms with Gasteiger partial charge in [0.15, 0.2) is 0 Å². The maximum absolute atomic E-state index is 11.9. The van der Waals surface area contributed by atoms with Crippen LogP contribution in [0.5, 0.6) is 5.75 Å². The van der Waals surface area contributed by atoms with Gasteiger partial charge in [0.2, 0.25) is 0 Å². The van der Waals surface area contributed by atoms with Gasteiger partial charge >= 0.3 is 0 Å². The van der Waals surface area contributed by atoms with Gasteiger partial charge in [-0.25, -0.2) is 4.98 Å². The number of rotatable bonds is 5. The molecule has 4 nitrogen and oxygen atoms in total. The summed E-state index contributed by atoms with van der Waals surface area (Å²) in [6, 6.07) is 7.38. The summed E-state index contributed by atoms with van der Waals surface area (Å²) in [5.74, 6) is 0.548. The highest BCUT2D eigenvalue weighted by Crippen LogP contribution is 2.19. The molecule has 5 heteroatoms. The Morgan fingerprint density at radius 1 is 1.53 bits per heavy atom. The van der Waals surface area contributed by atoms with Gasteiger partial charge in [-0.15, -0.1) is 11.3 Å². The summed E-state index contributed by atoms with van der Waals surface area (Å²) in [6.45, 7) is 4.08. The highest BCUT2D eigenvalue weighted by molar-refractivity contribution is 7.07. The second-order valence-electron chi connectivity index (χ2n) is 4.19. The number of thiazole rings is 1. The third kappa shape index (κ3) is 3.79. The fraction of sp³-hybridized carbons (Fsp3) is 0.286. The summed E-state index contributed by atoms with van der Waals surface area (Å²) in [4.78, 5) is 15.8. The predicted molar refractivity (Wildman–Crippen MR) is 76.9 cm³/mol. The lowest BCUT2D eigenvalue weighted by atomic mass is 10.2. The van der Waals surface area contributed by atoms with Crippen LogP contribution in [-0.4, -0.2) is 17.0 Å². The first kappa shape index (κ1) is 13.5. The predicted octanol–water partition coefficient (Wildman–Crippen LogP) is 3.57. The minimum absolute atomic E-state index is 0.157. The molecule has 1 heterocycles. The Hall–Kier alpha value is -1.88. The number of anilines is 1. The Bertz CT molecular complexity index is 540. The average Bonchev–Trinajstić information content (AvgIpc) is 2.93. The Labute approximate surface area is 116 Å². The lowest BCUT2D eigenvalue weighted by Crippen LogP contribution is -2.13. The van der Waals surface area contributed by atoms with Crippen LogP contribution in [0.1, 0.15) is 30.8 Å². The molecule has 1 unspecified atom stereocenters. The van der Waals surface area contributed by atoms with Crippen molar-refractivity contribution in [2.24, 2.45) is 0 Å². The number of amides is 1. The highest BCUT2D eigenvalue weighted by Gasteiger charge is 2.08. The zero-order valence-electron chi connectivity index (χ0n) is 10.9. The summed E-state index contributed by atoms with van der Waals surface area (Å²) < 4.78 is 5.71. The summed E-state index contributed by atoms with van der Waals surface area (Å²) in [6.07, 6.45) is 1.10. The Morgan fingerprint density at radius 3 is 3.05 bits per heavy atom. The molecule has 2 rings (SSSR count). The van der Waals surface area contributed by atoms with Crippen molar-refractivity contribution in [3.8, 4) is 5.75 Å². The smallest absolute Gasteiger partial charge is 0.275 e. The zero-order chi connectivity index (χ0) is 13.7. The van der Waals surface area contributed by atoms with Crippen molar-refractivity contribution in [3.63, 3.8) is 0 Å². The summed E-state index contributed by atoms with van der Waals surface area (Å²) >= 11 is 1.40. The van der Waals surface area contributed by atoms with Gasteiger partial charge in [-0.2, -0.15) is 0 Å². The van der Waals surface area contributed by atoms with E-state index >= 15 is 0 Å². The number of benzene rings is 1. The van der Waals surface area contributed by atoms with E-state index in [9.17, 15) is 4.79 Å². The number of aromatic nitrogens is 1. The largest absolute Gasteiger partial charge is 0.491 e. The molecule has 2 aromatic rings. The normalized spacial score (nSPS) is 11.9. The molecule has 0 radical (unpaired) electrons. The molecule has 1 atom stereocenters. The molecular formula is C14H16N2O2S. The van der Waals surface area contributed by atoms with Crippen molar-refractivity contribution in [2.45, 2.75) is 26.4 Å². The van der Waals surface area contributed by atoms with Crippen LogP contribution >= 0.6 is 11.3 Å². The first-order chi connectivity index (χ1) is 9.19. The number of ether oxygens (including phenoxy) is 1. The van der Waals surface area contributed by atoms with Crippen molar-refractivity contribution in [3.05, 3.63) is 40.8 Å². The van der Waals surface area contributed by atoms with Crippen molar-refractivity contribution in [2.75, 3.05) is 5.32 Å². The van der Waals surface area contributed by atoms with Crippen LogP contribution in [0.4, 0.5) is 5.69 Å². The maximum Gasteiger partial charge on any atom is 0.275 e. The minimum Gasteiger partial charge on any atom is -0.491 e. The number of hydrogen-bond acceptors (Lipinski definition) is 4. The standard InChI is InChI=1S/C14H16N2O2S/c1-3-10(2)18-12-6-4-5-11(7-12)16-14(17)13-8-19-9-15-13/h4-10H,3H2,1-2H3,(H,16,17). The average molecular weight is 276 g/mol. The van der Waals surface area contributed by atoms with Gasteiger partial charge < -0.3 is 10.1 Å². The molecule has 1 aromatic heterocycles. The zero-order valence-corrected chi connectivity index (χ0v) is 11.7. The molecule has 0 aliphatic carbocycles. The second-order valence-corrected chi connectivity index (χ2v) is 4.91. The molecule has 0 bridgehead atoms. The number of nitrogens with one attached hydrogen (secondary N) is 1. The van der Waals surface area contributed by atoms with Crippen LogP contribution in [0, 0.1) is 0 Å². The molecule has 1 N–H and O–H groups in total. The van der Waals surface area contributed by atoms with Gasteiger partial charge in [0, 0.05) is 17.1 Å². The highest BCUT2D eigenvalue weighted by atomic mass is 32.1. The van der Waals surface area contributed by atoms with Crippen molar-refractivity contribution >= 4 is 22.9 Å². The molecule has 100 valence electrons. The molecule has 0 saturated heterocycles. The number of nitrogens with zero attached hydrogens (tertiary/aromatic N) is 1. The Kier molecular flexibility index (Phi) is 4.52. The fourth-order valence-corrected chi connectivity index (χ4v) is 2.01. The Morgan fingerprint density at radius 2 is 2.37 bits per heavy atom. The first-order valence-corrected chi connectivity index (χ1v) is 7.09. The van der Waals surface area contributed by atoms with E-state index in [2.05, 4.69) is 17.2 Å². The quantitative estimate of drug-likeness (QED) is 0.908. The van der Waals surface area contributed by atoms with E-state index in [1.165, 1.54) is 11.3 Å². The van der Waals surface area contributed by atoms with Crippen molar-refractivity contribution in [1.82, 2.24) is 4.98 Å². The van der Waals surface area contributed by atoms with E-state index in [0.29, 0.717) is 11.4 Å². The van der Waals surface area contributed by atoms with Gasteiger partial charge in [0.25, 0.3) is 5.91 Å². The monoisotopic (exact) mass is 276 g/mol. The van der Waals surface area contributed by atoms with Gasteiger partial charge in [-0.1, -0.05) is 13.0 Å². The molecule has 19 heavy (non-hydrogen) atoms. The molecule has 0 saturated carbocycles. The molecule has 0 fully saturated rings. The lowest BCUT2D eigenvalue weighted by Gasteiger charge is -2.13. The van der Waals surface area contributed by atoms with Crippen LogP contribution in [0.2, 0.25) is 0 Å². The van der Waals surface area contributed by atoms with E-state index in [0.717, 1.165) is 12.2 Å². The van der Waals surface area contributed by atoms with Crippen LogP contribution in [0.3, 0.4) is 0 Å². The van der Waals surface area contributed by atoms with Gasteiger partial charge in [0.05, 0.1) is 11.6 Å². The van der Waals surface area contributed by atoms with Crippen LogP contribution < -0.4 is 10.1 Å². The van der Waals surface area contributed by atoms with E-state index < -0.39 is 0 Å². The van der Waals surface area contributed by atoms with Gasteiger partial charge in [-0.3, -0.25) is 4.79 Å². The van der Waals surface area contributed by atoms with Gasteiger partial charge in [0.1, 0.15) is 11.4 Å². The summed E-state index contributed by atoms with van der Waals surface area (Å²) in [7, 11) is 0. The minimum atomic E-state index is -0.207. The SMILES string of the molecule is CCC(C)Oc1cccc(NC(=O)c2cscn2)c1. The van der Waals surface area contributed by atoms with Crippen molar-refractivity contribution < 1.29 is 9.53 Å². The molecule has 0 aliphatic rings. The molecule has 1 aromatic carbocycles. The fourth-order valence-electron chi connectivity index (χ4n) is 1.48. The number of carbonyl (C=O) groups is 1. The Balaban J connectivity index is 2.05. The topological polar surface area (TPSA) is 51.2 Å². The molecule has 0 aliphatic heterocycles. The molecular weight excluding hydrogens is 260 g/mol. The van der Waals surface area contributed by atoms with E-state index in [1.54, 1.807) is 10.9 Å². The summed E-state index contributed by atoms with van der Waals surface area (Å²) in [5.41, 5.74) is 2.77. The summed E-state index contributed by atoms with van der Waals surface area (Å²) in [5, 5.41) is 4.52.